The molecule has 1 aromatic heterocycles. The van der Waals surface area contributed by atoms with E-state index in [1.807, 2.05) is 33.8 Å². The van der Waals surface area contributed by atoms with Crippen molar-refractivity contribution in [1.82, 2.24) is 4.98 Å². The second kappa shape index (κ2) is 4.09. The van der Waals surface area contributed by atoms with Crippen LogP contribution < -0.4 is 0 Å². The van der Waals surface area contributed by atoms with Crippen LogP contribution in [-0.4, -0.2) is 10.1 Å². The SMILES string of the molecule is CCC(O)(c1cncc(C)c1)C(C)C. The van der Waals surface area contributed by atoms with Crippen LogP contribution in [0.4, 0.5) is 0 Å². The predicted octanol–water partition coefficient (Wildman–Crippen LogP) is 2.64. The Labute approximate surface area is 86.0 Å². The van der Waals surface area contributed by atoms with E-state index in [2.05, 4.69) is 4.98 Å². The molecule has 0 bridgehead atoms. The van der Waals surface area contributed by atoms with Gasteiger partial charge in [-0.1, -0.05) is 26.8 Å². The summed E-state index contributed by atoms with van der Waals surface area (Å²) >= 11 is 0. The van der Waals surface area contributed by atoms with E-state index in [1.165, 1.54) is 0 Å². The Kier molecular flexibility index (Phi) is 3.27. The Balaban J connectivity index is 3.12. The van der Waals surface area contributed by atoms with Crippen molar-refractivity contribution in [1.29, 1.82) is 0 Å². The van der Waals surface area contributed by atoms with Gasteiger partial charge in [0.2, 0.25) is 0 Å². The normalized spacial score (nSPS) is 15.6. The number of hydrogen-bond donors (Lipinski definition) is 1. The molecule has 0 spiro atoms. The highest BCUT2D eigenvalue weighted by Gasteiger charge is 2.31. The standard InChI is InChI=1S/C12H19NO/c1-5-12(14,9(2)3)11-6-10(4)7-13-8-11/h6-9,14H,5H2,1-4H3. The third-order valence-corrected chi connectivity index (χ3v) is 2.87. The van der Waals surface area contributed by atoms with Crippen molar-refractivity contribution in [2.24, 2.45) is 5.92 Å². The average molecular weight is 193 g/mol. The summed E-state index contributed by atoms with van der Waals surface area (Å²) < 4.78 is 0. The quantitative estimate of drug-likeness (QED) is 0.800. The smallest absolute Gasteiger partial charge is 0.0931 e. The van der Waals surface area contributed by atoms with E-state index in [-0.39, 0.29) is 5.92 Å². The molecule has 78 valence electrons. The summed E-state index contributed by atoms with van der Waals surface area (Å²) in [6, 6.07) is 2.01. The molecule has 1 unspecified atom stereocenters. The molecular weight excluding hydrogens is 174 g/mol. The van der Waals surface area contributed by atoms with Gasteiger partial charge in [-0.15, -0.1) is 0 Å². The minimum Gasteiger partial charge on any atom is -0.385 e. The molecule has 0 saturated carbocycles. The van der Waals surface area contributed by atoms with Crippen molar-refractivity contribution in [2.45, 2.75) is 39.7 Å². The van der Waals surface area contributed by atoms with E-state index in [9.17, 15) is 5.11 Å². The van der Waals surface area contributed by atoms with Crippen molar-refractivity contribution < 1.29 is 5.11 Å². The van der Waals surface area contributed by atoms with Crippen molar-refractivity contribution in [3.05, 3.63) is 29.6 Å². The number of pyridine rings is 1. The largest absolute Gasteiger partial charge is 0.385 e. The lowest BCUT2D eigenvalue weighted by Crippen LogP contribution is -2.31. The van der Waals surface area contributed by atoms with Gasteiger partial charge in [0.05, 0.1) is 5.60 Å². The number of aromatic nitrogens is 1. The third-order valence-electron chi connectivity index (χ3n) is 2.87. The van der Waals surface area contributed by atoms with Gasteiger partial charge in [0.15, 0.2) is 0 Å². The molecule has 14 heavy (non-hydrogen) atoms. The van der Waals surface area contributed by atoms with Crippen LogP contribution >= 0.6 is 0 Å². The fourth-order valence-corrected chi connectivity index (χ4v) is 1.74. The number of nitrogens with zero attached hydrogens (tertiary/aromatic N) is 1. The van der Waals surface area contributed by atoms with E-state index in [1.54, 1.807) is 12.4 Å². The van der Waals surface area contributed by atoms with Crippen molar-refractivity contribution >= 4 is 0 Å². The highest BCUT2D eigenvalue weighted by atomic mass is 16.3. The highest BCUT2D eigenvalue weighted by Crippen LogP contribution is 2.32. The minimum atomic E-state index is -0.737. The van der Waals surface area contributed by atoms with Crippen molar-refractivity contribution in [2.75, 3.05) is 0 Å². The van der Waals surface area contributed by atoms with Crippen LogP contribution in [0.25, 0.3) is 0 Å². The first kappa shape index (κ1) is 11.2. The number of aliphatic hydroxyl groups is 1. The molecule has 1 heterocycles. The highest BCUT2D eigenvalue weighted by molar-refractivity contribution is 5.23. The van der Waals surface area contributed by atoms with Crippen LogP contribution in [0.1, 0.15) is 38.3 Å². The topological polar surface area (TPSA) is 33.1 Å². The molecule has 1 aromatic rings. The Morgan fingerprint density at radius 3 is 2.50 bits per heavy atom. The van der Waals surface area contributed by atoms with E-state index in [4.69, 9.17) is 0 Å². The average Bonchev–Trinajstić information content (AvgIpc) is 2.16. The Morgan fingerprint density at radius 1 is 1.43 bits per heavy atom. The van der Waals surface area contributed by atoms with Crippen molar-refractivity contribution in [3.63, 3.8) is 0 Å². The monoisotopic (exact) mass is 193 g/mol. The fraction of sp³-hybridized carbons (Fsp3) is 0.583. The van der Waals surface area contributed by atoms with Crippen LogP contribution in [0.5, 0.6) is 0 Å². The first-order valence-corrected chi connectivity index (χ1v) is 5.15. The maximum atomic E-state index is 10.5. The second-order valence-corrected chi connectivity index (χ2v) is 4.18. The van der Waals surface area contributed by atoms with Crippen LogP contribution in [0.3, 0.4) is 0 Å². The second-order valence-electron chi connectivity index (χ2n) is 4.18. The van der Waals surface area contributed by atoms with E-state index in [0.29, 0.717) is 0 Å². The van der Waals surface area contributed by atoms with Gasteiger partial charge in [0, 0.05) is 18.0 Å². The molecule has 2 heteroatoms. The molecule has 0 amide bonds. The molecule has 0 aromatic carbocycles. The Bertz CT molecular complexity index is 309. The van der Waals surface area contributed by atoms with Gasteiger partial charge < -0.3 is 5.11 Å². The van der Waals surface area contributed by atoms with Crippen molar-refractivity contribution in [3.8, 4) is 0 Å². The maximum Gasteiger partial charge on any atom is 0.0931 e. The Hall–Kier alpha value is -0.890. The lowest BCUT2D eigenvalue weighted by atomic mass is 9.82. The van der Waals surface area contributed by atoms with Gasteiger partial charge in [-0.05, 0) is 24.8 Å². The molecule has 1 atom stereocenters. The summed E-state index contributed by atoms with van der Waals surface area (Å²) in [6.45, 7) is 8.06. The molecule has 0 fully saturated rings. The zero-order valence-electron chi connectivity index (χ0n) is 9.41. The van der Waals surface area contributed by atoms with Gasteiger partial charge in [-0.3, -0.25) is 4.98 Å². The molecule has 1 rings (SSSR count). The van der Waals surface area contributed by atoms with E-state index in [0.717, 1.165) is 17.5 Å². The number of hydrogen-bond acceptors (Lipinski definition) is 2. The van der Waals surface area contributed by atoms with Gasteiger partial charge in [0.25, 0.3) is 0 Å². The zero-order chi connectivity index (χ0) is 10.8. The molecule has 1 N–H and O–H groups in total. The molecule has 0 saturated heterocycles. The van der Waals surface area contributed by atoms with Crippen LogP contribution in [0, 0.1) is 12.8 Å². The first-order valence-electron chi connectivity index (χ1n) is 5.15. The molecule has 0 radical (unpaired) electrons. The van der Waals surface area contributed by atoms with Gasteiger partial charge >= 0.3 is 0 Å². The number of rotatable bonds is 3. The molecule has 0 aliphatic carbocycles. The summed E-state index contributed by atoms with van der Waals surface area (Å²) in [7, 11) is 0. The Morgan fingerprint density at radius 2 is 2.07 bits per heavy atom. The van der Waals surface area contributed by atoms with Gasteiger partial charge in [0.1, 0.15) is 0 Å². The van der Waals surface area contributed by atoms with Gasteiger partial charge in [-0.25, -0.2) is 0 Å². The summed E-state index contributed by atoms with van der Waals surface area (Å²) in [5.74, 6) is 0.205. The molecule has 2 nitrogen and oxygen atoms in total. The third kappa shape index (κ3) is 1.95. The lowest BCUT2D eigenvalue weighted by molar-refractivity contribution is -0.0143. The maximum absolute atomic E-state index is 10.5. The fourth-order valence-electron chi connectivity index (χ4n) is 1.74. The molecular formula is C12H19NO. The van der Waals surface area contributed by atoms with E-state index < -0.39 is 5.60 Å². The summed E-state index contributed by atoms with van der Waals surface area (Å²) in [5.41, 5.74) is 1.28. The summed E-state index contributed by atoms with van der Waals surface area (Å²) in [4.78, 5) is 4.12. The van der Waals surface area contributed by atoms with Crippen LogP contribution in [0.2, 0.25) is 0 Å². The van der Waals surface area contributed by atoms with Gasteiger partial charge in [-0.2, -0.15) is 0 Å². The number of aryl methyl sites for hydroxylation is 1. The zero-order valence-corrected chi connectivity index (χ0v) is 9.41. The molecule has 0 aliphatic rings. The summed E-state index contributed by atoms with van der Waals surface area (Å²) in [5, 5.41) is 10.5. The predicted molar refractivity (Wildman–Crippen MR) is 58.0 cm³/mol. The lowest BCUT2D eigenvalue weighted by Gasteiger charge is -2.31. The minimum absolute atomic E-state index is 0.205. The first-order chi connectivity index (χ1) is 6.50. The van der Waals surface area contributed by atoms with E-state index >= 15 is 0 Å². The summed E-state index contributed by atoms with van der Waals surface area (Å²) in [6.07, 6.45) is 4.28. The van der Waals surface area contributed by atoms with Crippen LogP contribution in [0.15, 0.2) is 18.5 Å². The van der Waals surface area contributed by atoms with Crippen LogP contribution in [-0.2, 0) is 5.60 Å². The molecule has 0 aliphatic heterocycles.